The number of nitrogens with one attached hydrogen (secondary N) is 1. The van der Waals surface area contributed by atoms with Crippen molar-refractivity contribution in [3.63, 3.8) is 0 Å². The second-order valence-electron chi connectivity index (χ2n) is 5.66. The van der Waals surface area contributed by atoms with Crippen LogP contribution in [0.3, 0.4) is 0 Å². The second kappa shape index (κ2) is 7.32. The zero-order valence-electron chi connectivity index (χ0n) is 13.2. The highest BCUT2D eigenvalue weighted by Crippen LogP contribution is 2.29. The zero-order valence-corrected chi connectivity index (χ0v) is 14.0. The lowest BCUT2D eigenvalue weighted by Crippen LogP contribution is -2.52. The van der Waals surface area contributed by atoms with Gasteiger partial charge < -0.3 is 10.1 Å². The average molecular weight is 307 g/mol. The molecule has 1 aromatic rings. The van der Waals surface area contributed by atoms with Crippen LogP contribution >= 0.6 is 11.8 Å². The summed E-state index contributed by atoms with van der Waals surface area (Å²) in [5.74, 6) is 0.513. The Labute approximate surface area is 131 Å². The van der Waals surface area contributed by atoms with Crippen LogP contribution in [0.5, 0.6) is 0 Å². The number of rotatable bonds is 7. The fourth-order valence-corrected chi connectivity index (χ4v) is 3.79. The molecule has 0 heterocycles. The molecule has 1 unspecified atom stereocenters. The van der Waals surface area contributed by atoms with Gasteiger partial charge in [0, 0.05) is 10.6 Å². The molecule has 0 bridgehead atoms. The maximum atomic E-state index is 12.2. The van der Waals surface area contributed by atoms with Crippen molar-refractivity contribution in [3.05, 3.63) is 29.3 Å². The minimum absolute atomic E-state index is 0.166. The third kappa shape index (κ3) is 4.01. The number of esters is 1. The summed E-state index contributed by atoms with van der Waals surface area (Å²) < 4.78 is 5.21. The van der Waals surface area contributed by atoms with E-state index in [9.17, 15) is 4.79 Å². The van der Waals surface area contributed by atoms with Gasteiger partial charge >= 0.3 is 5.97 Å². The van der Waals surface area contributed by atoms with E-state index in [2.05, 4.69) is 23.5 Å². The topological polar surface area (TPSA) is 38.3 Å². The summed E-state index contributed by atoms with van der Waals surface area (Å²) in [6.07, 6.45) is 3.66. The lowest BCUT2D eigenvalue weighted by Gasteiger charge is -2.27. The van der Waals surface area contributed by atoms with E-state index in [-0.39, 0.29) is 5.97 Å². The summed E-state index contributed by atoms with van der Waals surface area (Å²) in [7, 11) is 0. The molecule has 4 heteroatoms. The van der Waals surface area contributed by atoms with Crippen molar-refractivity contribution in [2.45, 2.75) is 50.5 Å². The summed E-state index contributed by atoms with van der Waals surface area (Å²) in [5.41, 5.74) is 2.33. The van der Waals surface area contributed by atoms with E-state index < -0.39 is 5.54 Å². The van der Waals surface area contributed by atoms with Gasteiger partial charge in [-0.3, -0.25) is 4.79 Å². The molecule has 116 valence electrons. The first-order valence-electron chi connectivity index (χ1n) is 7.76. The van der Waals surface area contributed by atoms with Gasteiger partial charge in [0.15, 0.2) is 0 Å². The molecular weight excluding hydrogens is 282 g/mol. The molecule has 1 aliphatic carbocycles. The zero-order chi connectivity index (χ0) is 15.3. The Balaban J connectivity index is 2.02. The van der Waals surface area contributed by atoms with Crippen molar-refractivity contribution in [2.24, 2.45) is 0 Å². The number of ether oxygens (including phenoxy) is 1. The smallest absolute Gasteiger partial charge is 0.326 e. The van der Waals surface area contributed by atoms with Crippen LogP contribution in [-0.2, 0) is 22.4 Å². The fourth-order valence-electron chi connectivity index (χ4n) is 2.73. The standard InChI is InChI=1S/C17H25NO2S/c1-4-18-17(3,16(19)20-5-2)12-21-15-10-9-13-7-6-8-14(13)11-15/h9-11,18H,4-8,12H2,1-3H3. The summed E-state index contributed by atoms with van der Waals surface area (Å²) in [6.45, 7) is 6.95. The van der Waals surface area contributed by atoms with Crippen LogP contribution in [0.1, 0.15) is 38.3 Å². The van der Waals surface area contributed by atoms with E-state index in [0.717, 1.165) is 6.54 Å². The molecule has 0 saturated heterocycles. The van der Waals surface area contributed by atoms with Crippen LogP contribution in [-0.4, -0.2) is 30.4 Å². The van der Waals surface area contributed by atoms with Crippen molar-refractivity contribution in [2.75, 3.05) is 18.9 Å². The normalized spacial score (nSPS) is 16.3. The van der Waals surface area contributed by atoms with E-state index in [1.807, 2.05) is 20.8 Å². The number of fused-ring (bicyclic) bond motifs is 1. The van der Waals surface area contributed by atoms with E-state index in [4.69, 9.17) is 4.74 Å². The highest BCUT2D eigenvalue weighted by molar-refractivity contribution is 7.99. The van der Waals surface area contributed by atoms with E-state index >= 15 is 0 Å². The first kappa shape index (κ1) is 16.4. The summed E-state index contributed by atoms with van der Waals surface area (Å²) in [6, 6.07) is 6.69. The predicted octanol–water partition coefficient (Wildman–Crippen LogP) is 3.20. The van der Waals surface area contributed by atoms with Crippen molar-refractivity contribution in [1.29, 1.82) is 0 Å². The molecule has 1 aromatic carbocycles. The van der Waals surface area contributed by atoms with Crippen LogP contribution < -0.4 is 5.32 Å². The molecule has 0 saturated carbocycles. The molecule has 0 aromatic heterocycles. The number of aryl methyl sites for hydroxylation is 2. The number of hydrogen-bond donors (Lipinski definition) is 1. The Bertz CT molecular complexity index is 504. The Kier molecular flexibility index (Phi) is 5.71. The Morgan fingerprint density at radius 2 is 2.10 bits per heavy atom. The van der Waals surface area contributed by atoms with Crippen LogP contribution in [0.4, 0.5) is 0 Å². The van der Waals surface area contributed by atoms with Crippen LogP contribution in [0.25, 0.3) is 0 Å². The van der Waals surface area contributed by atoms with E-state index in [1.165, 1.54) is 35.3 Å². The van der Waals surface area contributed by atoms with Gasteiger partial charge in [0.25, 0.3) is 0 Å². The molecule has 1 aliphatic rings. The van der Waals surface area contributed by atoms with Crippen LogP contribution in [0.15, 0.2) is 23.1 Å². The highest BCUT2D eigenvalue weighted by Gasteiger charge is 2.33. The van der Waals surface area contributed by atoms with Crippen molar-refractivity contribution in [1.82, 2.24) is 5.32 Å². The average Bonchev–Trinajstić information content (AvgIpc) is 2.93. The molecule has 21 heavy (non-hydrogen) atoms. The Hall–Kier alpha value is -1.00. The quantitative estimate of drug-likeness (QED) is 0.620. The van der Waals surface area contributed by atoms with E-state index in [1.54, 1.807) is 11.8 Å². The monoisotopic (exact) mass is 307 g/mol. The minimum atomic E-state index is -0.631. The molecule has 3 nitrogen and oxygen atoms in total. The van der Waals surface area contributed by atoms with Gasteiger partial charge in [-0.2, -0.15) is 0 Å². The Morgan fingerprint density at radius 3 is 2.81 bits per heavy atom. The van der Waals surface area contributed by atoms with E-state index in [0.29, 0.717) is 12.4 Å². The molecule has 0 fully saturated rings. The van der Waals surface area contributed by atoms with Gasteiger partial charge in [-0.1, -0.05) is 13.0 Å². The lowest BCUT2D eigenvalue weighted by molar-refractivity contribution is -0.149. The largest absolute Gasteiger partial charge is 0.465 e. The maximum Gasteiger partial charge on any atom is 0.326 e. The number of thioether (sulfide) groups is 1. The molecule has 1 atom stereocenters. The first-order valence-corrected chi connectivity index (χ1v) is 8.74. The van der Waals surface area contributed by atoms with Gasteiger partial charge in [0.2, 0.25) is 0 Å². The number of likely N-dealkylation sites (N-methyl/N-ethyl adjacent to an activating group) is 1. The van der Waals surface area contributed by atoms with Crippen molar-refractivity contribution >= 4 is 17.7 Å². The van der Waals surface area contributed by atoms with Gasteiger partial charge in [-0.05, 0) is 62.9 Å². The SMILES string of the molecule is CCNC(C)(CSc1ccc2c(c1)CCC2)C(=O)OCC. The fraction of sp³-hybridized carbons (Fsp3) is 0.588. The van der Waals surface area contributed by atoms with Crippen LogP contribution in [0, 0.1) is 0 Å². The van der Waals surface area contributed by atoms with Crippen LogP contribution in [0.2, 0.25) is 0 Å². The third-order valence-electron chi connectivity index (χ3n) is 3.89. The minimum Gasteiger partial charge on any atom is -0.465 e. The highest BCUT2D eigenvalue weighted by atomic mass is 32.2. The predicted molar refractivity (Wildman–Crippen MR) is 87.9 cm³/mol. The van der Waals surface area contributed by atoms with Gasteiger partial charge in [-0.25, -0.2) is 0 Å². The van der Waals surface area contributed by atoms with Crippen molar-refractivity contribution in [3.8, 4) is 0 Å². The summed E-state index contributed by atoms with van der Waals surface area (Å²) >= 11 is 1.72. The molecule has 0 aliphatic heterocycles. The molecule has 2 rings (SSSR count). The summed E-state index contributed by atoms with van der Waals surface area (Å²) in [4.78, 5) is 13.4. The number of carbonyl (C=O) groups is 1. The molecule has 0 amide bonds. The van der Waals surface area contributed by atoms with Gasteiger partial charge in [0.1, 0.15) is 5.54 Å². The Morgan fingerprint density at radius 1 is 1.33 bits per heavy atom. The molecule has 0 radical (unpaired) electrons. The number of benzene rings is 1. The maximum absolute atomic E-state index is 12.2. The summed E-state index contributed by atoms with van der Waals surface area (Å²) in [5, 5.41) is 3.27. The lowest BCUT2D eigenvalue weighted by atomic mass is 10.1. The van der Waals surface area contributed by atoms with Gasteiger partial charge in [0.05, 0.1) is 6.61 Å². The molecular formula is C17H25NO2S. The molecule has 0 spiro atoms. The van der Waals surface area contributed by atoms with Crippen molar-refractivity contribution < 1.29 is 9.53 Å². The first-order chi connectivity index (χ1) is 10.1. The number of carbonyl (C=O) groups excluding carboxylic acids is 1. The third-order valence-corrected chi connectivity index (χ3v) is 5.20. The van der Waals surface area contributed by atoms with Gasteiger partial charge in [-0.15, -0.1) is 11.8 Å². The second-order valence-corrected chi connectivity index (χ2v) is 6.70. The number of hydrogen-bond acceptors (Lipinski definition) is 4. The molecule has 1 N–H and O–H groups in total.